The molecule has 4 N–H and O–H groups in total. The Morgan fingerprint density at radius 2 is 1.94 bits per heavy atom. The Labute approximate surface area is 193 Å². The summed E-state index contributed by atoms with van der Waals surface area (Å²) in [6, 6.07) is 6.23. The normalized spacial score (nSPS) is 21.2. The number of aromatic amines is 1. The van der Waals surface area contributed by atoms with Crippen molar-refractivity contribution in [3.05, 3.63) is 41.0 Å². The van der Waals surface area contributed by atoms with Crippen molar-refractivity contribution in [3.8, 4) is 17.0 Å². The van der Waals surface area contributed by atoms with Crippen molar-refractivity contribution in [2.24, 2.45) is 0 Å². The van der Waals surface area contributed by atoms with Crippen molar-refractivity contribution in [2.75, 3.05) is 0 Å². The molecule has 0 aliphatic carbocycles. The molecular formula is C23H26FN5O5. The molecule has 1 saturated heterocycles. The van der Waals surface area contributed by atoms with Crippen LogP contribution in [-0.2, 0) is 4.79 Å². The van der Waals surface area contributed by atoms with Gasteiger partial charge in [0.2, 0.25) is 0 Å². The monoisotopic (exact) mass is 471 g/mol. The maximum absolute atomic E-state index is 15.4. The second-order valence-corrected chi connectivity index (χ2v) is 9.62. The number of aromatic hydroxyl groups is 1. The molecule has 10 nitrogen and oxygen atoms in total. The fourth-order valence-corrected chi connectivity index (χ4v) is 4.88. The Morgan fingerprint density at radius 3 is 2.65 bits per heavy atom. The number of oxazole rings is 1. The van der Waals surface area contributed by atoms with Crippen LogP contribution >= 0.6 is 0 Å². The molecule has 34 heavy (non-hydrogen) atoms. The molecule has 0 bridgehead atoms. The first-order chi connectivity index (χ1) is 16.0. The highest BCUT2D eigenvalue weighted by Gasteiger charge is 2.47. The lowest BCUT2D eigenvalue weighted by Gasteiger charge is -2.49. The van der Waals surface area contributed by atoms with Gasteiger partial charge in [-0.05, 0) is 52.3 Å². The molecule has 1 fully saturated rings. The molecule has 4 aromatic rings. The predicted molar refractivity (Wildman–Crippen MR) is 124 cm³/mol. The summed E-state index contributed by atoms with van der Waals surface area (Å²) in [6.45, 7) is 7.64. The summed E-state index contributed by atoms with van der Waals surface area (Å²) in [5.41, 5.74) is 1.20. The average Bonchev–Trinajstić information content (AvgIpc) is 3.31. The third-order valence-electron chi connectivity index (χ3n) is 6.04. The van der Waals surface area contributed by atoms with Gasteiger partial charge in [-0.15, -0.1) is 10.2 Å². The smallest absolute Gasteiger partial charge is 0.417 e. The van der Waals surface area contributed by atoms with Crippen molar-refractivity contribution >= 4 is 28.6 Å². The number of rotatable bonds is 2. The lowest BCUT2D eigenvalue weighted by molar-refractivity contribution is -0.122. The van der Waals surface area contributed by atoms with Gasteiger partial charge in [-0.25, -0.2) is 9.18 Å². The number of fused-ring (bicyclic) bond motifs is 2. The minimum absolute atomic E-state index is 0.0525. The molecule has 0 saturated carbocycles. The van der Waals surface area contributed by atoms with E-state index in [4.69, 9.17) is 14.3 Å². The highest BCUT2D eigenvalue weighted by atomic mass is 19.1. The fraction of sp³-hybridized carbons (Fsp3) is 0.391. The van der Waals surface area contributed by atoms with Crippen LogP contribution in [0.2, 0.25) is 0 Å². The highest BCUT2D eigenvalue weighted by Crippen LogP contribution is 2.40. The number of alkyl halides is 1. The number of halogens is 1. The summed E-state index contributed by atoms with van der Waals surface area (Å²) in [6.07, 6.45) is 1.33. The predicted octanol–water partition coefficient (Wildman–Crippen LogP) is 3.37. The van der Waals surface area contributed by atoms with Crippen LogP contribution in [-0.4, -0.2) is 53.7 Å². The van der Waals surface area contributed by atoms with E-state index < -0.39 is 17.5 Å². The van der Waals surface area contributed by atoms with Gasteiger partial charge in [0.1, 0.15) is 11.9 Å². The molecule has 1 aliphatic heterocycles. The third kappa shape index (κ3) is 4.14. The summed E-state index contributed by atoms with van der Waals surface area (Å²) in [4.78, 5) is 22.3. The summed E-state index contributed by atoms with van der Waals surface area (Å²) in [7, 11) is 0. The van der Waals surface area contributed by atoms with Gasteiger partial charge in [-0.3, -0.25) is 9.78 Å². The van der Waals surface area contributed by atoms with Crippen LogP contribution in [0, 0.1) is 0 Å². The summed E-state index contributed by atoms with van der Waals surface area (Å²) in [5, 5.41) is 30.1. The van der Waals surface area contributed by atoms with E-state index in [2.05, 4.69) is 34.3 Å². The van der Waals surface area contributed by atoms with Gasteiger partial charge in [0, 0.05) is 34.3 Å². The average molecular weight is 471 g/mol. The Hall–Kier alpha value is -3.73. The molecule has 0 unspecified atom stereocenters. The number of H-pyrrole nitrogens is 1. The largest absolute Gasteiger partial charge is 0.507 e. The topological polar surface area (TPSA) is 146 Å². The standard InChI is InChI=1S/C22H24FN5O3.CH2O2/c1-21(2)10-15(18(23)22(3,4)27-21)28-6-5-11-7-13(25-26-19(11)28)12-8-17-14(9-16(12)29)24-20(30)31-17;2-1-3/h5-9,15,18,27,29H,10H2,1-4H3,(H,24,30);1H,(H,2,3)/t15-,18-;/m0./s1. The Balaban J connectivity index is 0.000000868. The molecule has 1 aromatic carbocycles. The molecule has 0 amide bonds. The van der Waals surface area contributed by atoms with Crippen LogP contribution < -0.4 is 11.1 Å². The molecular weight excluding hydrogens is 445 g/mol. The number of phenols is 1. The van der Waals surface area contributed by atoms with Gasteiger partial charge in [0.15, 0.2) is 11.2 Å². The fourth-order valence-electron chi connectivity index (χ4n) is 4.88. The van der Waals surface area contributed by atoms with Gasteiger partial charge in [-0.2, -0.15) is 0 Å². The van der Waals surface area contributed by atoms with Crippen molar-refractivity contribution in [2.45, 2.75) is 57.4 Å². The van der Waals surface area contributed by atoms with E-state index in [0.717, 1.165) is 5.39 Å². The number of hydrogen-bond acceptors (Lipinski definition) is 7. The molecule has 4 heterocycles. The summed E-state index contributed by atoms with van der Waals surface area (Å²) < 4.78 is 22.3. The second-order valence-electron chi connectivity index (χ2n) is 9.62. The van der Waals surface area contributed by atoms with Crippen LogP contribution in [0.25, 0.3) is 33.4 Å². The molecule has 2 atom stereocenters. The van der Waals surface area contributed by atoms with Gasteiger partial charge < -0.3 is 24.5 Å². The van der Waals surface area contributed by atoms with Crippen LogP contribution in [0.5, 0.6) is 5.75 Å². The van der Waals surface area contributed by atoms with Crippen molar-refractivity contribution in [1.29, 1.82) is 0 Å². The first-order valence-corrected chi connectivity index (χ1v) is 10.7. The number of piperidine rings is 1. The van der Waals surface area contributed by atoms with E-state index >= 15 is 4.39 Å². The third-order valence-corrected chi connectivity index (χ3v) is 6.04. The zero-order valence-corrected chi connectivity index (χ0v) is 19.2. The molecule has 1 aliphatic rings. The van der Waals surface area contributed by atoms with Crippen LogP contribution in [0.4, 0.5) is 4.39 Å². The highest BCUT2D eigenvalue weighted by molar-refractivity contribution is 5.86. The number of carboxylic acid groups (broad SMARTS) is 1. The van der Waals surface area contributed by atoms with E-state index in [1.165, 1.54) is 6.07 Å². The lowest BCUT2D eigenvalue weighted by atomic mass is 9.78. The quantitative estimate of drug-likeness (QED) is 0.326. The zero-order chi connectivity index (χ0) is 24.8. The zero-order valence-electron chi connectivity index (χ0n) is 19.2. The number of benzene rings is 1. The Bertz CT molecular complexity index is 1420. The maximum atomic E-state index is 15.4. The number of aromatic nitrogens is 4. The van der Waals surface area contributed by atoms with E-state index in [1.807, 2.05) is 30.7 Å². The molecule has 3 aromatic heterocycles. The van der Waals surface area contributed by atoms with E-state index in [9.17, 15) is 9.90 Å². The first-order valence-electron chi connectivity index (χ1n) is 10.7. The van der Waals surface area contributed by atoms with Crippen LogP contribution in [0.15, 0.2) is 39.7 Å². The van der Waals surface area contributed by atoms with E-state index in [0.29, 0.717) is 34.4 Å². The lowest BCUT2D eigenvalue weighted by Crippen LogP contribution is -2.64. The number of phenolic OH excluding ortho intramolecular Hbond substituents is 1. The summed E-state index contributed by atoms with van der Waals surface area (Å²) >= 11 is 0. The van der Waals surface area contributed by atoms with E-state index in [1.54, 1.807) is 12.1 Å². The van der Waals surface area contributed by atoms with E-state index in [-0.39, 0.29) is 23.8 Å². The maximum Gasteiger partial charge on any atom is 0.417 e. The van der Waals surface area contributed by atoms with Gasteiger partial charge >= 0.3 is 5.76 Å². The van der Waals surface area contributed by atoms with Crippen molar-refractivity contribution in [3.63, 3.8) is 0 Å². The Kier molecular flexibility index (Phi) is 5.68. The van der Waals surface area contributed by atoms with Gasteiger partial charge in [0.25, 0.3) is 6.47 Å². The molecule has 11 heteroatoms. The minimum atomic E-state index is -1.11. The van der Waals surface area contributed by atoms with Crippen molar-refractivity contribution in [1.82, 2.24) is 25.1 Å². The van der Waals surface area contributed by atoms with Gasteiger partial charge in [-0.1, -0.05) is 0 Å². The number of nitrogens with zero attached hydrogens (tertiary/aromatic N) is 3. The van der Waals surface area contributed by atoms with Gasteiger partial charge in [0.05, 0.1) is 17.3 Å². The minimum Gasteiger partial charge on any atom is -0.507 e. The molecule has 180 valence electrons. The summed E-state index contributed by atoms with van der Waals surface area (Å²) in [5.74, 6) is -0.651. The second kappa shape index (κ2) is 8.24. The van der Waals surface area contributed by atoms with Crippen molar-refractivity contribution < 1.29 is 23.8 Å². The number of nitrogens with one attached hydrogen (secondary N) is 2. The van der Waals surface area contributed by atoms with Crippen LogP contribution in [0.1, 0.15) is 40.2 Å². The number of carbonyl (C=O) groups is 1. The molecule has 0 radical (unpaired) electrons. The molecule has 0 spiro atoms. The Morgan fingerprint density at radius 1 is 1.24 bits per heavy atom. The first kappa shape index (κ1) is 23.4. The molecule has 5 rings (SSSR count). The SMILES string of the molecule is CC1(C)C[C@H](n2ccc3cc(-c4cc5oc(=O)[nH]c5cc4O)nnc32)[C@H](F)C(C)(C)N1.O=CO. The van der Waals surface area contributed by atoms with Crippen LogP contribution in [0.3, 0.4) is 0 Å². The number of hydrogen-bond donors (Lipinski definition) is 4.